The lowest BCUT2D eigenvalue weighted by molar-refractivity contribution is -0.299. The number of ketones is 1. The molecular weight excluding hydrogens is 476 g/mol. The predicted octanol–water partition coefficient (Wildman–Crippen LogP) is -0.830. The van der Waals surface area contributed by atoms with E-state index in [1.807, 2.05) is 6.92 Å². The van der Waals surface area contributed by atoms with Crippen LogP contribution in [0.2, 0.25) is 0 Å². The fraction of sp³-hybridized carbons (Fsp3) is 0.640. The number of rotatable bonds is 6. The fourth-order valence-corrected chi connectivity index (χ4v) is 5.71. The van der Waals surface area contributed by atoms with Crippen molar-refractivity contribution in [2.24, 2.45) is 23.7 Å². The summed E-state index contributed by atoms with van der Waals surface area (Å²) in [5.74, 6) is -3.54. The molecule has 4 aliphatic rings. The number of carbonyl (C=O) groups is 3. The zero-order chi connectivity index (χ0) is 26.5. The summed E-state index contributed by atoms with van der Waals surface area (Å²) in [5.41, 5.74) is 0.836. The molecule has 11 atom stereocenters. The first-order chi connectivity index (χ1) is 17.0. The third kappa shape index (κ3) is 4.55. The van der Waals surface area contributed by atoms with E-state index in [1.165, 1.54) is 13.0 Å². The van der Waals surface area contributed by atoms with Crippen LogP contribution in [0.3, 0.4) is 0 Å². The first-order valence-electron chi connectivity index (χ1n) is 11.9. The number of fused-ring (bicyclic) bond motifs is 3. The average molecular weight is 509 g/mol. The number of allylic oxidation sites excluding steroid dienone is 1. The summed E-state index contributed by atoms with van der Waals surface area (Å²) in [6, 6.07) is 0. The van der Waals surface area contributed by atoms with Crippen LogP contribution >= 0.6 is 0 Å². The van der Waals surface area contributed by atoms with Crippen LogP contribution < -0.4 is 0 Å². The maximum Gasteiger partial charge on any atom is 0.334 e. The van der Waals surface area contributed by atoms with Crippen LogP contribution in [0.5, 0.6) is 0 Å². The molecule has 11 nitrogen and oxygen atoms in total. The lowest BCUT2D eigenvalue weighted by Crippen LogP contribution is -2.59. The third-order valence-corrected chi connectivity index (χ3v) is 7.57. The highest BCUT2D eigenvalue weighted by Crippen LogP contribution is 2.50. The summed E-state index contributed by atoms with van der Waals surface area (Å²) < 4.78 is 22.4. The van der Waals surface area contributed by atoms with Crippen molar-refractivity contribution >= 4 is 17.7 Å². The largest absolute Gasteiger partial charge is 0.458 e. The smallest absolute Gasteiger partial charge is 0.334 e. The Kier molecular flexibility index (Phi) is 7.52. The number of esters is 2. The van der Waals surface area contributed by atoms with Gasteiger partial charge in [-0.25, -0.2) is 9.59 Å². The van der Waals surface area contributed by atoms with Crippen molar-refractivity contribution in [2.45, 2.75) is 63.2 Å². The van der Waals surface area contributed by atoms with Gasteiger partial charge in [-0.15, -0.1) is 0 Å². The normalized spacial score (nSPS) is 42.2. The van der Waals surface area contributed by atoms with Gasteiger partial charge in [0.1, 0.15) is 36.6 Å². The zero-order valence-electron chi connectivity index (χ0n) is 20.1. The number of aliphatic hydroxyl groups is 4. The van der Waals surface area contributed by atoms with E-state index in [1.54, 1.807) is 0 Å². The van der Waals surface area contributed by atoms with E-state index in [0.29, 0.717) is 12.0 Å². The molecule has 0 aromatic heterocycles. The second-order valence-electron chi connectivity index (χ2n) is 10.0. The van der Waals surface area contributed by atoms with Gasteiger partial charge in [-0.2, -0.15) is 0 Å². The van der Waals surface area contributed by atoms with Gasteiger partial charge < -0.3 is 39.4 Å². The third-order valence-electron chi connectivity index (χ3n) is 7.57. The molecule has 0 aromatic rings. The van der Waals surface area contributed by atoms with Gasteiger partial charge in [-0.3, -0.25) is 4.79 Å². The van der Waals surface area contributed by atoms with E-state index < -0.39 is 79.2 Å². The van der Waals surface area contributed by atoms with Crippen molar-refractivity contribution in [3.05, 3.63) is 36.0 Å². The molecule has 2 aliphatic heterocycles. The molecule has 11 heteroatoms. The number of hydrogen-bond donors (Lipinski definition) is 4. The molecule has 4 N–H and O–H groups in total. The quantitative estimate of drug-likeness (QED) is 0.261. The maximum atomic E-state index is 13.1. The lowest BCUT2D eigenvalue weighted by atomic mass is 9.78. The molecule has 36 heavy (non-hydrogen) atoms. The Bertz CT molecular complexity index is 984. The number of carbonyl (C=O) groups excluding carboxylic acids is 3. The Morgan fingerprint density at radius 1 is 1.14 bits per heavy atom. The van der Waals surface area contributed by atoms with Gasteiger partial charge in [-0.1, -0.05) is 20.1 Å². The second-order valence-corrected chi connectivity index (χ2v) is 10.0. The van der Waals surface area contributed by atoms with Gasteiger partial charge in [0.05, 0.1) is 19.1 Å². The Morgan fingerprint density at radius 2 is 1.83 bits per heavy atom. The summed E-state index contributed by atoms with van der Waals surface area (Å²) in [6.45, 7) is 10.0. The standard InChI is InChI=1S/C25H32O11/c1-9(2)23(31)34-14-5-10(3)16-13(27)6-12(18(16)22-17(14)11(4)24(32)36-22)8-33-25-21(30)20(29)19(28)15(7-26)35-25/h6,10,14-22,25-26,28-30H,1,4-5,7-8H2,2-3H3/t10-,14-,15+,16+,17+,18-,19+,20-,21+,22-,25+/m0/s1. The van der Waals surface area contributed by atoms with Crippen LogP contribution in [0.25, 0.3) is 0 Å². The number of aliphatic hydroxyl groups excluding tert-OH is 4. The van der Waals surface area contributed by atoms with E-state index in [4.69, 9.17) is 18.9 Å². The van der Waals surface area contributed by atoms with Gasteiger partial charge in [-0.05, 0) is 30.9 Å². The van der Waals surface area contributed by atoms with Crippen molar-refractivity contribution < 1.29 is 53.8 Å². The van der Waals surface area contributed by atoms with Crippen molar-refractivity contribution in [3.8, 4) is 0 Å². The Hall–Kier alpha value is -2.41. The van der Waals surface area contributed by atoms with Crippen LogP contribution in [0.1, 0.15) is 20.3 Å². The minimum absolute atomic E-state index is 0.154. The zero-order valence-corrected chi connectivity index (χ0v) is 20.1. The summed E-state index contributed by atoms with van der Waals surface area (Å²) in [7, 11) is 0. The van der Waals surface area contributed by atoms with E-state index in [-0.39, 0.29) is 29.5 Å². The van der Waals surface area contributed by atoms with Crippen molar-refractivity contribution in [3.63, 3.8) is 0 Å². The molecule has 2 saturated heterocycles. The van der Waals surface area contributed by atoms with E-state index >= 15 is 0 Å². The van der Waals surface area contributed by atoms with Crippen LogP contribution in [0.15, 0.2) is 36.0 Å². The average Bonchev–Trinajstić information content (AvgIpc) is 3.27. The minimum Gasteiger partial charge on any atom is -0.458 e. The van der Waals surface area contributed by atoms with Crippen molar-refractivity contribution in [1.29, 1.82) is 0 Å². The monoisotopic (exact) mass is 508 g/mol. The van der Waals surface area contributed by atoms with Gasteiger partial charge in [0.2, 0.25) is 0 Å². The summed E-state index contributed by atoms with van der Waals surface area (Å²) >= 11 is 0. The molecule has 0 bridgehead atoms. The van der Waals surface area contributed by atoms with Gasteiger partial charge in [0.25, 0.3) is 0 Å². The SMILES string of the molecule is C=C(C)C(=O)O[C@H]1C[C@H](C)[C@@H]2C(=O)C=C(CO[C@@H]3O[C@H](CO)[C@@H](O)[C@H](O)[C@H]3O)[C@@H]2[C@H]2OC(=O)C(=C)[C@@H]21. The fourth-order valence-electron chi connectivity index (χ4n) is 5.71. The van der Waals surface area contributed by atoms with Crippen molar-refractivity contribution in [2.75, 3.05) is 13.2 Å². The minimum atomic E-state index is -1.61. The van der Waals surface area contributed by atoms with E-state index in [9.17, 15) is 34.8 Å². The number of hydrogen-bond acceptors (Lipinski definition) is 11. The highest BCUT2D eigenvalue weighted by molar-refractivity contribution is 5.97. The molecular formula is C25H32O11. The predicted molar refractivity (Wildman–Crippen MR) is 121 cm³/mol. The molecule has 198 valence electrons. The van der Waals surface area contributed by atoms with E-state index in [0.717, 1.165) is 0 Å². The molecule has 2 aliphatic carbocycles. The molecule has 0 amide bonds. The topological polar surface area (TPSA) is 169 Å². The molecule has 1 saturated carbocycles. The second kappa shape index (κ2) is 10.2. The molecule has 3 fully saturated rings. The maximum absolute atomic E-state index is 13.1. The Balaban J connectivity index is 1.58. The van der Waals surface area contributed by atoms with Crippen LogP contribution in [0, 0.1) is 23.7 Å². The summed E-state index contributed by atoms with van der Waals surface area (Å²) in [4.78, 5) is 37.9. The molecule has 2 heterocycles. The lowest BCUT2D eigenvalue weighted by Gasteiger charge is -2.40. The van der Waals surface area contributed by atoms with E-state index in [2.05, 4.69) is 13.2 Å². The van der Waals surface area contributed by atoms with Crippen LogP contribution in [-0.2, 0) is 33.3 Å². The van der Waals surface area contributed by atoms with Crippen molar-refractivity contribution in [1.82, 2.24) is 0 Å². The summed E-state index contributed by atoms with van der Waals surface area (Å²) in [5, 5.41) is 39.7. The number of ether oxygens (including phenoxy) is 4. The van der Waals surface area contributed by atoms with Gasteiger partial charge in [0.15, 0.2) is 12.1 Å². The molecule has 4 rings (SSSR count). The molecule has 0 radical (unpaired) electrons. The first kappa shape index (κ1) is 26.6. The first-order valence-corrected chi connectivity index (χ1v) is 11.9. The highest BCUT2D eigenvalue weighted by atomic mass is 16.7. The van der Waals surface area contributed by atoms with Gasteiger partial charge in [0, 0.05) is 23.0 Å². The Labute approximate surface area is 208 Å². The molecule has 0 aromatic carbocycles. The molecule has 0 unspecified atom stereocenters. The summed E-state index contributed by atoms with van der Waals surface area (Å²) in [6.07, 6.45) is -7.15. The van der Waals surface area contributed by atoms with Crippen LogP contribution in [-0.4, -0.2) is 94.3 Å². The Morgan fingerprint density at radius 3 is 2.47 bits per heavy atom. The van der Waals surface area contributed by atoms with Crippen LogP contribution in [0.4, 0.5) is 0 Å². The molecule has 0 spiro atoms. The van der Waals surface area contributed by atoms with Gasteiger partial charge >= 0.3 is 11.9 Å². The highest BCUT2D eigenvalue weighted by Gasteiger charge is 2.58.